The molecule has 0 heterocycles. The van der Waals surface area contributed by atoms with Gasteiger partial charge in [-0.1, -0.05) is 0 Å². The van der Waals surface area contributed by atoms with Gasteiger partial charge in [0.15, 0.2) is 0 Å². The fourth-order valence-corrected chi connectivity index (χ4v) is 2.52. The van der Waals surface area contributed by atoms with E-state index < -0.39 is 41.7 Å². The van der Waals surface area contributed by atoms with E-state index in [1.54, 1.807) is 0 Å². The summed E-state index contributed by atoms with van der Waals surface area (Å²) in [6, 6.07) is 1.85. The van der Waals surface area contributed by atoms with Gasteiger partial charge >= 0.3 is 18.1 Å². The lowest BCUT2D eigenvalue weighted by Crippen LogP contribution is -2.50. The van der Waals surface area contributed by atoms with Gasteiger partial charge in [0, 0.05) is 12.5 Å². The van der Waals surface area contributed by atoms with Crippen LogP contribution >= 0.6 is 0 Å². The number of benzene rings is 1. The van der Waals surface area contributed by atoms with Crippen LogP contribution in [-0.2, 0) is 29.5 Å². The molecule has 0 saturated carbocycles. The molecule has 0 aliphatic carbocycles. The van der Waals surface area contributed by atoms with Crippen LogP contribution in [-0.4, -0.2) is 57.0 Å². The first-order chi connectivity index (χ1) is 12.8. The summed E-state index contributed by atoms with van der Waals surface area (Å²) in [4.78, 5) is 36.2. The normalized spacial score (nSPS) is 13.3. The molecule has 28 heavy (non-hydrogen) atoms. The maximum Gasteiger partial charge on any atom is 0.432 e. The van der Waals surface area contributed by atoms with Gasteiger partial charge in [-0.25, -0.2) is 4.79 Å². The van der Waals surface area contributed by atoms with Gasteiger partial charge in [-0.2, -0.15) is 13.2 Å². The predicted molar refractivity (Wildman–Crippen MR) is 89.7 cm³/mol. The van der Waals surface area contributed by atoms with E-state index in [0.29, 0.717) is 7.11 Å². The van der Waals surface area contributed by atoms with Gasteiger partial charge in [0.1, 0.15) is 12.3 Å². The standard InChI is InChI=1S/C17H20F3NO7/c1-9-6-12(21(10(2)22)8-14(23)27-4)13(26-3)7-11(9)16(25,15(24)28-5)17(18,19)20/h6-7,25H,8H2,1-5H3/t16-/m1/s1. The van der Waals surface area contributed by atoms with Crippen LogP contribution in [0.3, 0.4) is 0 Å². The van der Waals surface area contributed by atoms with Crippen molar-refractivity contribution in [2.45, 2.75) is 25.6 Å². The number of aryl methyl sites for hydroxylation is 1. The monoisotopic (exact) mass is 407 g/mol. The minimum atomic E-state index is -5.40. The Hall–Kier alpha value is -2.82. The first-order valence-electron chi connectivity index (χ1n) is 7.76. The van der Waals surface area contributed by atoms with Crippen molar-refractivity contribution in [2.24, 2.45) is 0 Å². The van der Waals surface area contributed by atoms with Crippen molar-refractivity contribution in [3.05, 3.63) is 23.3 Å². The van der Waals surface area contributed by atoms with E-state index in [4.69, 9.17) is 4.74 Å². The molecule has 0 unspecified atom stereocenters. The van der Waals surface area contributed by atoms with Gasteiger partial charge in [0.2, 0.25) is 5.91 Å². The Morgan fingerprint density at radius 1 is 1.11 bits per heavy atom. The Morgan fingerprint density at radius 3 is 2.07 bits per heavy atom. The largest absolute Gasteiger partial charge is 0.495 e. The van der Waals surface area contributed by atoms with Gasteiger partial charge in [-0.3, -0.25) is 14.5 Å². The molecular formula is C17H20F3NO7. The average Bonchev–Trinajstić information content (AvgIpc) is 2.62. The number of hydrogen-bond acceptors (Lipinski definition) is 7. The van der Waals surface area contributed by atoms with Crippen LogP contribution in [0, 0.1) is 6.92 Å². The summed E-state index contributed by atoms with van der Waals surface area (Å²) in [5.41, 5.74) is -5.04. The minimum Gasteiger partial charge on any atom is -0.495 e. The highest BCUT2D eigenvalue weighted by Crippen LogP contribution is 2.44. The fourth-order valence-electron chi connectivity index (χ4n) is 2.52. The van der Waals surface area contributed by atoms with Crippen molar-refractivity contribution in [1.82, 2.24) is 0 Å². The highest BCUT2D eigenvalue weighted by molar-refractivity contribution is 5.98. The Kier molecular flexibility index (Phi) is 7.02. The molecule has 0 radical (unpaired) electrons. The molecule has 0 aliphatic rings. The molecular weight excluding hydrogens is 387 g/mol. The smallest absolute Gasteiger partial charge is 0.432 e. The molecule has 0 saturated heterocycles. The van der Waals surface area contributed by atoms with E-state index in [1.165, 1.54) is 6.92 Å². The molecule has 11 heteroatoms. The lowest BCUT2D eigenvalue weighted by atomic mass is 9.88. The number of ether oxygens (including phenoxy) is 3. The summed E-state index contributed by atoms with van der Waals surface area (Å²) in [7, 11) is 2.92. The number of anilines is 1. The van der Waals surface area contributed by atoms with Crippen molar-refractivity contribution in [2.75, 3.05) is 32.8 Å². The molecule has 1 aromatic carbocycles. The summed E-state index contributed by atoms with van der Waals surface area (Å²) in [6.45, 7) is 1.79. The van der Waals surface area contributed by atoms with Crippen molar-refractivity contribution < 1.29 is 46.9 Å². The van der Waals surface area contributed by atoms with Crippen LogP contribution < -0.4 is 9.64 Å². The molecule has 0 spiro atoms. The Morgan fingerprint density at radius 2 is 1.68 bits per heavy atom. The summed E-state index contributed by atoms with van der Waals surface area (Å²) >= 11 is 0. The van der Waals surface area contributed by atoms with Crippen molar-refractivity contribution in [3.63, 3.8) is 0 Å². The molecule has 0 bridgehead atoms. The Balaban J connectivity index is 3.71. The van der Waals surface area contributed by atoms with Crippen molar-refractivity contribution in [3.8, 4) is 5.75 Å². The third-order valence-corrected chi connectivity index (χ3v) is 3.99. The molecule has 1 aromatic rings. The molecule has 0 aliphatic heterocycles. The van der Waals surface area contributed by atoms with Gasteiger partial charge in [-0.15, -0.1) is 0 Å². The number of hydrogen-bond donors (Lipinski definition) is 1. The number of carbonyl (C=O) groups excluding carboxylic acids is 3. The number of methoxy groups -OCH3 is 3. The first kappa shape index (κ1) is 23.2. The Labute approximate surface area is 158 Å². The zero-order chi connectivity index (χ0) is 21.9. The summed E-state index contributed by atoms with van der Waals surface area (Å²) < 4.78 is 54.3. The number of carbonyl (C=O) groups is 3. The maximum atomic E-state index is 13.5. The molecule has 8 nitrogen and oxygen atoms in total. The van der Waals surface area contributed by atoms with Gasteiger partial charge in [0.05, 0.1) is 27.0 Å². The average molecular weight is 407 g/mol. The number of rotatable bonds is 6. The van der Waals surface area contributed by atoms with Crippen LogP contribution in [0.2, 0.25) is 0 Å². The second kappa shape index (κ2) is 8.46. The molecule has 1 atom stereocenters. The SMILES string of the molecule is COC(=O)CN(C(C)=O)c1cc(C)c([C@@](O)(C(=O)OC)C(F)(F)F)cc1OC. The third kappa shape index (κ3) is 4.19. The quantitative estimate of drug-likeness (QED) is 0.712. The molecule has 1 rings (SSSR count). The number of esters is 2. The van der Waals surface area contributed by atoms with Crippen LogP contribution in [0.25, 0.3) is 0 Å². The van der Waals surface area contributed by atoms with E-state index >= 15 is 0 Å². The van der Waals surface area contributed by atoms with E-state index in [2.05, 4.69) is 9.47 Å². The topological polar surface area (TPSA) is 102 Å². The van der Waals surface area contributed by atoms with Gasteiger partial charge < -0.3 is 19.3 Å². The molecule has 1 amide bonds. The lowest BCUT2D eigenvalue weighted by Gasteiger charge is -2.31. The molecule has 0 aromatic heterocycles. The number of aliphatic hydroxyl groups is 1. The fraction of sp³-hybridized carbons (Fsp3) is 0.471. The zero-order valence-electron chi connectivity index (χ0n) is 15.8. The van der Waals surface area contributed by atoms with Crippen LogP contribution in [0.15, 0.2) is 12.1 Å². The third-order valence-electron chi connectivity index (χ3n) is 3.99. The number of halogens is 3. The number of nitrogens with zero attached hydrogens (tertiary/aromatic N) is 1. The highest BCUT2D eigenvalue weighted by atomic mass is 19.4. The van der Waals surface area contributed by atoms with E-state index in [1.807, 2.05) is 0 Å². The second-order valence-electron chi connectivity index (χ2n) is 5.72. The highest BCUT2D eigenvalue weighted by Gasteiger charge is 2.62. The Bertz CT molecular complexity index is 779. The van der Waals surface area contributed by atoms with E-state index in [-0.39, 0.29) is 17.0 Å². The lowest BCUT2D eigenvalue weighted by molar-refractivity contribution is -0.267. The summed E-state index contributed by atoms with van der Waals surface area (Å²) in [5, 5.41) is 10.2. The molecule has 156 valence electrons. The molecule has 1 N–H and O–H groups in total. The van der Waals surface area contributed by atoms with Gasteiger partial charge in [0.25, 0.3) is 5.60 Å². The van der Waals surface area contributed by atoms with E-state index in [9.17, 15) is 32.7 Å². The van der Waals surface area contributed by atoms with E-state index in [0.717, 1.165) is 38.2 Å². The van der Waals surface area contributed by atoms with Crippen LogP contribution in [0.5, 0.6) is 5.75 Å². The van der Waals surface area contributed by atoms with Crippen LogP contribution in [0.1, 0.15) is 18.1 Å². The maximum absolute atomic E-state index is 13.5. The van der Waals surface area contributed by atoms with Crippen molar-refractivity contribution in [1.29, 1.82) is 0 Å². The van der Waals surface area contributed by atoms with Crippen LogP contribution in [0.4, 0.5) is 18.9 Å². The zero-order valence-corrected chi connectivity index (χ0v) is 15.8. The summed E-state index contributed by atoms with van der Waals surface area (Å²) in [5.74, 6) is -3.61. The minimum absolute atomic E-state index is 0.0453. The number of alkyl halides is 3. The summed E-state index contributed by atoms with van der Waals surface area (Å²) in [6.07, 6.45) is -5.40. The first-order valence-corrected chi connectivity index (χ1v) is 7.76. The molecule has 0 fully saturated rings. The predicted octanol–water partition coefficient (Wildman–Crippen LogP) is 1.45. The van der Waals surface area contributed by atoms with Gasteiger partial charge in [-0.05, 0) is 24.6 Å². The van der Waals surface area contributed by atoms with Crippen molar-refractivity contribution >= 4 is 23.5 Å². The second-order valence-corrected chi connectivity index (χ2v) is 5.72. The number of amides is 1.